The summed E-state index contributed by atoms with van der Waals surface area (Å²) in [6.45, 7) is 9.96. The van der Waals surface area contributed by atoms with Gasteiger partial charge in [0.05, 0.1) is 12.2 Å². The van der Waals surface area contributed by atoms with Crippen molar-refractivity contribution in [2.24, 2.45) is 5.92 Å². The number of furan rings is 1. The highest BCUT2D eigenvalue weighted by atomic mass is 32.1. The number of hydrogen-bond donors (Lipinski definition) is 1. The summed E-state index contributed by atoms with van der Waals surface area (Å²) in [6, 6.07) is 4.04. The first-order valence-electron chi connectivity index (χ1n) is 7.41. The van der Waals surface area contributed by atoms with Crippen LogP contribution in [0.25, 0.3) is 0 Å². The Morgan fingerprint density at radius 3 is 2.81 bits per heavy atom. The Labute approximate surface area is 131 Å². The highest BCUT2D eigenvalue weighted by molar-refractivity contribution is 7.09. The van der Waals surface area contributed by atoms with Gasteiger partial charge in [-0.2, -0.15) is 0 Å². The van der Waals surface area contributed by atoms with Crippen LogP contribution in [0.2, 0.25) is 0 Å². The third-order valence-electron chi connectivity index (χ3n) is 3.08. The number of aromatic nitrogens is 1. The Hall–Kier alpha value is -1.17. The van der Waals surface area contributed by atoms with Crippen LogP contribution in [0, 0.1) is 12.8 Å². The average molecular weight is 307 g/mol. The Balaban J connectivity index is 1.78. The van der Waals surface area contributed by atoms with Gasteiger partial charge in [0.25, 0.3) is 0 Å². The molecule has 0 saturated heterocycles. The molecule has 0 aromatic carbocycles. The highest BCUT2D eigenvalue weighted by Gasteiger charge is 2.08. The van der Waals surface area contributed by atoms with Crippen molar-refractivity contribution < 1.29 is 4.42 Å². The third-order valence-corrected chi connectivity index (χ3v) is 3.98. The number of thiazole rings is 1. The van der Waals surface area contributed by atoms with Gasteiger partial charge in [0.1, 0.15) is 16.5 Å². The quantitative estimate of drug-likeness (QED) is 0.811. The number of rotatable bonds is 8. The van der Waals surface area contributed by atoms with E-state index in [2.05, 4.69) is 41.5 Å². The van der Waals surface area contributed by atoms with E-state index >= 15 is 0 Å². The molecule has 21 heavy (non-hydrogen) atoms. The maximum atomic E-state index is 5.60. The molecule has 2 aromatic heterocycles. The van der Waals surface area contributed by atoms with Gasteiger partial charge in [-0.05, 0) is 38.6 Å². The van der Waals surface area contributed by atoms with Crippen molar-refractivity contribution >= 4 is 11.3 Å². The molecule has 0 unspecified atom stereocenters. The van der Waals surface area contributed by atoms with E-state index in [-0.39, 0.29) is 0 Å². The molecule has 2 rings (SSSR count). The lowest BCUT2D eigenvalue weighted by Crippen LogP contribution is -2.19. The Bertz CT molecular complexity index is 547. The van der Waals surface area contributed by atoms with Crippen LogP contribution in [0.3, 0.4) is 0 Å². The minimum Gasteiger partial charge on any atom is -0.465 e. The fraction of sp³-hybridized carbons (Fsp3) is 0.562. The molecule has 1 N–H and O–H groups in total. The standard InChI is InChI=1S/C16H25N3OS/c1-12(2)7-17-8-16-18-14(11-21-16)9-19(4)10-15-6-5-13(3)20-15/h5-6,11-12,17H,7-10H2,1-4H3. The Kier molecular flexibility index (Phi) is 5.96. The summed E-state index contributed by atoms with van der Waals surface area (Å²) in [5.74, 6) is 2.64. The lowest BCUT2D eigenvalue weighted by molar-refractivity contribution is 0.282. The molecule has 2 aromatic rings. The molecule has 0 amide bonds. The summed E-state index contributed by atoms with van der Waals surface area (Å²) in [5, 5.41) is 6.74. The third kappa shape index (κ3) is 5.61. The van der Waals surface area contributed by atoms with Gasteiger partial charge in [-0.1, -0.05) is 13.8 Å². The van der Waals surface area contributed by atoms with E-state index in [9.17, 15) is 0 Å². The molecule has 0 aliphatic heterocycles. The zero-order chi connectivity index (χ0) is 15.2. The van der Waals surface area contributed by atoms with Crippen molar-refractivity contribution in [3.8, 4) is 0 Å². The molecular formula is C16H25N3OS. The first-order valence-corrected chi connectivity index (χ1v) is 8.28. The summed E-state index contributed by atoms with van der Waals surface area (Å²) in [4.78, 5) is 6.90. The summed E-state index contributed by atoms with van der Waals surface area (Å²) in [7, 11) is 2.09. The van der Waals surface area contributed by atoms with E-state index in [0.717, 1.165) is 48.4 Å². The van der Waals surface area contributed by atoms with E-state index in [1.54, 1.807) is 11.3 Å². The lowest BCUT2D eigenvalue weighted by atomic mass is 10.2. The first kappa shape index (κ1) is 16.2. The van der Waals surface area contributed by atoms with Gasteiger partial charge in [-0.15, -0.1) is 11.3 Å². The molecule has 0 aliphatic rings. The zero-order valence-corrected chi connectivity index (χ0v) is 14.2. The van der Waals surface area contributed by atoms with E-state index in [1.807, 2.05) is 19.1 Å². The van der Waals surface area contributed by atoms with Crippen molar-refractivity contribution in [3.05, 3.63) is 39.7 Å². The number of nitrogens with one attached hydrogen (secondary N) is 1. The second-order valence-electron chi connectivity index (χ2n) is 5.94. The second kappa shape index (κ2) is 7.73. The minimum atomic E-state index is 0.673. The van der Waals surface area contributed by atoms with Gasteiger partial charge in [-0.25, -0.2) is 4.98 Å². The van der Waals surface area contributed by atoms with E-state index in [1.165, 1.54) is 0 Å². The lowest BCUT2D eigenvalue weighted by Gasteiger charge is -2.13. The fourth-order valence-electron chi connectivity index (χ4n) is 2.14. The molecule has 0 bridgehead atoms. The van der Waals surface area contributed by atoms with Crippen LogP contribution in [0.15, 0.2) is 21.9 Å². The predicted octanol–water partition coefficient (Wildman–Crippen LogP) is 3.42. The molecule has 0 saturated carbocycles. The molecule has 0 spiro atoms. The van der Waals surface area contributed by atoms with Gasteiger partial charge >= 0.3 is 0 Å². The largest absolute Gasteiger partial charge is 0.465 e. The van der Waals surface area contributed by atoms with Crippen LogP contribution in [0.5, 0.6) is 0 Å². The zero-order valence-electron chi connectivity index (χ0n) is 13.3. The first-order chi connectivity index (χ1) is 10.0. The molecule has 4 nitrogen and oxygen atoms in total. The number of nitrogens with zero attached hydrogens (tertiary/aromatic N) is 2. The Morgan fingerprint density at radius 2 is 2.14 bits per heavy atom. The fourth-order valence-corrected chi connectivity index (χ4v) is 2.89. The normalized spacial score (nSPS) is 11.7. The number of aryl methyl sites for hydroxylation is 1. The van der Waals surface area contributed by atoms with Gasteiger partial charge in [-0.3, -0.25) is 4.90 Å². The second-order valence-corrected chi connectivity index (χ2v) is 6.88. The van der Waals surface area contributed by atoms with Crippen LogP contribution in [0.1, 0.15) is 36.1 Å². The van der Waals surface area contributed by atoms with Gasteiger partial charge in [0.2, 0.25) is 0 Å². The SMILES string of the molecule is Cc1ccc(CN(C)Cc2csc(CNCC(C)C)n2)o1. The van der Waals surface area contributed by atoms with Gasteiger partial charge in [0.15, 0.2) is 0 Å². The summed E-state index contributed by atoms with van der Waals surface area (Å²) < 4.78 is 5.60. The molecule has 2 heterocycles. The van der Waals surface area contributed by atoms with E-state index in [4.69, 9.17) is 4.42 Å². The van der Waals surface area contributed by atoms with Crippen molar-refractivity contribution in [2.75, 3.05) is 13.6 Å². The van der Waals surface area contributed by atoms with Crippen LogP contribution < -0.4 is 5.32 Å². The maximum absolute atomic E-state index is 5.60. The molecule has 0 radical (unpaired) electrons. The molecule has 116 valence electrons. The maximum Gasteiger partial charge on any atom is 0.118 e. The molecule has 0 aliphatic carbocycles. The molecular weight excluding hydrogens is 282 g/mol. The summed E-state index contributed by atoms with van der Waals surface area (Å²) >= 11 is 1.73. The minimum absolute atomic E-state index is 0.673. The van der Waals surface area contributed by atoms with Gasteiger partial charge < -0.3 is 9.73 Å². The topological polar surface area (TPSA) is 41.3 Å². The number of hydrogen-bond acceptors (Lipinski definition) is 5. The van der Waals surface area contributed by atoms with E-state index in [0.29, 0.717) is 5.92 Å². The highest BCUT2D eigenvalue weighted by Crippen LogP contribution is 2.14. The van der Waals surface area contributed by atoms with E-state index < -0.39 is 0 Å². The average Bonchev–Trinajstić information content (AvgIpc) is 2.98. The molecule has 0 atom stereocenters. The van der Waals surface area contributed by atoms with Crippen molar-refractivity contribution in [1.82, 2.24) is 15.2 Å². The monoisotopic (exact) mass is 307 g/mol. The van der Waals surface area contributed by atoms with Crippen LogP contribution >= 0.6 is 11.3 Å². The smallest absolute Gasteiger partial charge is 0.118 e. The predicted molar refractivity (Wildman–Crippen MR) is 87.3 cm³/mol. The van der Waals surface area contributed by atoms with Gasteiger partial charge in [0, 0.05) is 18.5 Å². The molecule has 5 heteroatoms. The van der Waals surface area contributed by atoms with Crippen LogP contribution in [-0.2, 0) is 19.6 Å². The van der Waals surface area contributed by atoms with Crippen LogP contribution in [0.4, 0.5) is 0 Å². The van der Waals surface area contributed by atoms with Crippen molar-refractivity contribution in [2.45, 2.75) is 40.4 Å². The molecule has 0 fully saturated rings. The van der Waals surface area contributed by atoms with Crippen molar-refractivity contribution in [3.63, 3.8) is 0 Å². The summed E-state index contributed by atoms with van der Waals surface area (Å²) in [5.41, 5.74) is 1.13. The van der Waals surface area contributed by atoms with Crippen LogP contribution in [-0.4, -0.2) is 23.5 Å². The summed E-state index contributed by atoms with van der Waals surface area (Å²) in [6.07, 6.45) is 0. The Morgan fingerprint density at radius 1 is 1.33 bits per heavy atom. The van der Waals surface area contributed by atoms with Crippen molar-refractivity contribution in [1.29, 1.82) is 0 Å².